The van der Waals surface area contributed by atoms with Crippen molar-refractivity contribution in [3.63, 3.8) is 0 Å². The highest BCUT2D eigenvalue weighted by molar-refractivity contribution is 7.92. The van der Waals surface area contributed by atoms with Crippen LogP contribution in [-0.2, 0) is 20.9 Å². The molecule has 17 heteroatoms. The van der Waals surface area contributed by atoms with E-state index in [0.717, 1.165) is 18.6 Å². The number of amides is 3. The van der Waals surface area contributed by atoms with Gasteiger partial charge in [0.2, 0.25) is 0 Å². The van der Waals surface area contributed by atoms with E-state index >= 15 is 0 Å². The van der Waals surface area contributed by atoms with Gasteiger partial charge in [-0.15, -0.1) is 0 Å². The van der Waals surface area contributed by atoms with Crippen molar-refractivity contribution < 1.29 is 50.3 Å². The van der Waals surface area contributed by atoms with E-state index in [9.17, 15) is 36.3 Å². The van der Waals surface area contributed by atoms with Gasteiger partial charge in [-0.1, -0.05) is 12.1 Å². The monoisotopic (exact) mass is 753 g/mol. The SMILES string of the molecule is Cc1noc(C)c1S(=O)(=O)Nc1ccc2c(c1)C(=O)N([C@H](C)CO)C[C@H](C)[C@@H](CN(C)C(=O)Nc1ccc(C(F)(F)F)cc1)OCCCC[C@@H](C)O2. The summed E-state index contributed by atoms with van der Waals surface area (Å²) in [5, 5.41) is 16.5. The van der Waals surface area contributed by atoms with Crippen molar-refractivity contribution in [3.05, 3.63) is 65.0 Å². The lowest BCUT2D eigenvalue weighted by molar-refractivity contribution is -0.137. The highest BCUT2D eigenvalue weighted by Crippen LogP contribution is 2.32. The van der Waals surface area contributed by atoms with E-state index in [1.807, 2.05) is 13.8 Å². The van der Waals surface area contributed by atoms with Crippen LogP contribution in [0.2, 0.25) is 0 Å². The third-order valence-corrected chi connectivity index (χ3v) is 10.4. The Bertz CT molecular complexity index is 1780. The number of aliphatic hydroxyl groups excluding tert-OH is 1. The summed E-state index contributed by atoms with van der Waals surface area (Å²) in [4.78, 5) is 30.2. The minimum Gasteiger partial charge on any atom is -0.490 e. The maximum atomic E-state index is 14.4. The fourth-order valence-electron chi connectivity index (χ4n) is 5.83. The molecule has 2 heterocycles. The third kappa shape index (κ3) is 10.2. The fourth-order valence-corrected chi connectivity index (χ4v) is 7.21. The van der Waals surface area contributed by atoms with E-state index in [4.69, 9.17) is 14.0 Å². The number of aromatic nitrogens is 1. The minimum absolute atomic E-state index is 0.0703. The summed E-state index contributed by atoms with van der Waals surface area (Å²) in [6.07, 6.45) is -3.41. The molecule has 0 aliphatic carbocycles. The normalized spacial score (nSPS) is 19.9. The van der Waals surface area contributed by atoms with Crippen LogP contribution in [0.5, 0.6) is 5.75 Å². The number of ether oxygens (including phenoxy) is 2. The van der Waals surface area contributed by atoms with E-state index in [-0.39, 0.29) is 64.8 Å². The van der Waals surface area contributed by atoms with Crippen molar-refractivity contribution in [1.29, 1.82) is 0 Å². The average Bonchev–Trinajstić information content (AvgIpc) is 3.43. The Balaban J connectivity index is 1.60. The largest absolute Gasteiger partial charge is 0.490 e. The first-order valence-corrected chi connectivity index (χ1v) is 18.4. The molecule has 0 spiro atoms. The number of nitrogens with one attached hydrogen (secondary N) is 2. The standard InChI is InChI=1S/C35H46F3N5O8S/c1-21-18-43(22(2)20-44)33(45)29-17-28(41-52(47,48)32-24(4)40-51-25(32)5)14-15-30(29)50-23(3)9-7-8-16-49-31(21)19-42(6)34(46)39-27-12-10-26(11-13-27)35(36,37)38/h10-15,17,21-23,31,41,44H,7-9,16,18-20H2,1-6H3,(H,39,46)/t21-,22+,23+,31+/m0/s1. The number of aliphatic hydroxyl groups is 1. The number of halogens is 3. The number of anilines is 2. The predicted molar refractivity (Wildman–Crippen MR) is 187 cm³/mol. The zero-order valence-electron chi connectivity index (χ0n) is 30.0. The topological polar surface area (TPSA) is 164 Å². The molecule has 0 saturated heterocycles. The van der Waals surface area contributed by atoms with Crippen LogP contribution in [0.25, 0.3) is 0 Å². The number of likely N-dealkylation sites (N-methyl/N-ethyl adjacent to an activating group) is 1. The first-order valence-electron chi connectivity index (χ1n) is 16.9. The third-order valence-electron chi connectivity index (χ3n) is 8.80. The lowest BCUT2D eigenvalue weighted by Crippen LogP contribution is -2.48. The van der Waals surface area contributed by atoms with E-state index in [1.54, 1.807) is 6.92 Å². The molecule has 0 radical (unpaired) electrons. The Morgan fingerprint density at radius 3 is 2.40 bits per heavy atom. The minimum atomic E-state index is -4.51. The maximum Gasteiger partial charge on any atom is 0.416 e. The quantitative estimate of drug-likeness (QED) is 0.248. The number of hydrogen-bond donors (Lipinski definition) is 3. The molecule has 4 rings (SSSR count). The fraction of sp³-hybridized carbons (Fsp3) is 0.514. The number of sulfonamides is 1. The molecule has 286 valence electrons. The van der Waals surface area contributed by atoms with Crippen LogP contribution >= 0.6 is 0 Å². The Kier molecular flexibility index (Phi) is 13.2. The van der Waals surface area contributed by atoms with Gasteiger partial charge >= 0.3 is 12.2 Å². The molecular formula is C35H46F3N5O8S. The van der Waals surface area contributed by atoms with Gasteiger partial charge in [0.05, 0.1) is 36.0 Å². The van der Waals surface area contributed by atoms with Crippen molar-refractivity contribution in [3.8, 4) is 5.75 Å². The predicted octanol–water partition coefficient (Wildman–Crippen LogP) is 6.07. The lowest BCUT2D eigenvalue weighted by atomic mass is 10.0. The van der Waals surface area contributed by atoms with E-state index in [1.165, 1.54) is 61.0 Å². The van der Waals surface area contributed by atoms with Crippen LogP contribution in [0.1, 0.15) is 67.4 Å². The number of fused-ring (bicyclic) bond motifs is 1. The highest BCUT2D eigenvalue weighted by atomic mass is 32.2. The lowest BCUT2D eigenvalue weighted by Gasteiger charge is -2.35. The molecule has 0 unspecified atom stereocenters. The Morgan fingerprint density at radius 1 is 1.12 bits per heavy atom. The van der Waals surface area contributed by atoms with Gasteiger partial charge in [0.1, 0.15) is 11.4 Å². The molecule has 0 saturated carbocycles. The second-order valence-electron chi connectivity index (χ2n) is 13.2. The molecule has 0 fully saturated rings. The molecule has 0 bridgehead atoms. The molecule has 1 aliphatic heterocycles. The summed E-state index contributed by atoms with van der Waals surface area (Å²) in [7, 11) is -2.61. The van der Waals surface area contributed by atoms with Gasteiger partial charge in [0.25, 0.3) is 15.9 Å². The maximum absolute atomic E-state index is 14.4. The molecule has 13 nitrogen and oxygen atoms in total. The first-order chi connectivity index (χ1) is 24.4. The van der Waals surface area contributed by atoms with Gasteiger partial charge in [0.15, 0.2) is 10.7 Å². The number of alkyl halides is 3. The van der Waals surface area contributed by atoms with Crippen LogP contribution in [0.15, 0.2) is 51.9 Å². The molecule has 3 N–H and O–H groups in total. The summed E-state index contributed by atoms with van der Waals surface area (Å²) >= 11 is 0. The van der Waals surface area contributed by atoms with Crippen molar-refractivity contribution in [1.82, 2.24) is 15.0 Å². The molecule has 3 amide bonds. The summed E-state index contributed by atoms with van der Waals surface area (Å²) < 4.78 is 85.6. The van der Waals surface area contributed by atoms with Crippen LogP contribution < -0.4 is 14.8 Å². The molecule has 4 atom stereocenters. The van der Waals surface area contributed by atoms with Gasteiger partial charge in [-0.3, -0.25) is 9.52 Å². The smallest absolute Gasteiger partial charge is 0.416 e. The molecule has 1 aliphatic rings. The average molecular weight is 754 g/mol. The molecular weight excluding hydrogens is 707 g/mol. The number of benzene rings is 2. The van der Waals surface area contributed by atoms with Crippen molar-refractivity contribution in [2.45, 2.75) is 83.2 Å². The van der Waals surface area contributed by atoms with Crippen molar-refractivity contribution >= 4 is 33.3 Å². The van der Waals surface area contributed by atoms with Gasteiger partial charge in [-0.05, 0) is 89.4 Å². The van der Waals surface area contributed by atoms with Crippen LogP contribution in [0.4, 0.5) is 29.3 Å². The Morgan fingerprint density at radius 2 is 1.79 bits per heavy atom. The molecule has 3 aromatic rings. The number of urea groups is 1. The van der Waals surface area contributed by atoms with Crippen molar-refractivity contribution in [2.75, 3.05) is 43.4 Å². The summed E-state index contributed by atoms with van der Waals surface area (Å²) in [5.74, 6) is -0.581. The zero-order valence-corrected chi connectivity index (χ0v) is 30.8. The second-order valence-corrected chi connectivity index (χ2v) is 14.8. The number of carbonyl (C=O) groups excluding carboxylic acids is 2. The van der Waals surface area contributed by atoms with Crippen molar-refractivity contribution in [2.24, 2.45) is 5.92 Å². The summed E-state index contributed by atoms with van der Waals surface area (Å²) in [5.41, 5.74) is -0.318. The van der Waals surface area contributed by atoms with Gasteiger partial charge in [-0.2, -0.15) is 13.2 Å². The molecule has 2 aromatic carbocycles. The van der Waals surface area contributed by atoms with Gasteiger partial charge < -0.3 is 34.2 Å². The highest BCUT2D eigenvalue weighted by Gasteiger charge is 2.33. The second kappa shape index (κ2) is 17.0. The first kappa shape index (κ1) is 40.4. The molecule has 52 heavy (non-hydrogen) atoms. The zero-order chi connectivity index (χ0) is 38.4. The Hall–Kier alpha value is -4.35. The van der Waals surface area contributed by atoms with Crippen LogP contribution in [0, 0.1) is 19.8 Å². The van der Waals surface area contributed by atoms with E-state index in [0.29, 0.717) is 19.4 Å². The number of hydrogen-bond acceptors (Lipinski definition) is 9. The Labute approximate surface area is 301 Å². The number of carbonyl (C=O) groups is 2. The van der Waals surface area contributed by atoms with Gasteiger partial charge in [-0.25, -0.2) is 13.2 Å². The van der Waals surface area contributed by atoms with E-state index in [2.05, 4.69) is 15.2 Å². The number of aryl methyl sites for hydroxylation is 2. The molecule has 1 aromatic heterocycles. The van der Waals surface area contributed by atoms with E-state index < -0.39 is 51.8 Å². The summed E-state index contributed by atoms with van der Waals surface area (Å²) in [6.45, 7) is 8.47. The summed E-state index contributed by atoms with van der Waals surface area (Å²) in [6, 6.07) is 7.27. The van der Waals surface area contributed by atoms with Gasteiger partial charge in [0, 0.05) is 44.0 Å². The van der Waals surface area contributed by atoms with Crippen LogP contribution in [-0.4, -0.2) is 92.0 Å². The van der Waals surface area contributed by atoms with Crippen LogP contribution in [0.3, 0.4) is 0 Å². The number of rotatable bonds is 8. The number of nitrogens with zero attached hydrogens (tertiary/aromatic N) is 3.